The molecule has 1 aromatic rings. The summed E-state index contributed by atoms with van der Waals surface area (Å²) in [4.78, 5) is 17.8. The van der Waals surface area contributed by atoms with Gasteiger partial charge in [-0.25, -0.2) is 10.8 Å². The van der Waals surface area contributed by atoms with Crippen LogP contribution in [0.25, 0.3) is 0 Å². The number of terminal acetylenes is 1. The Morgan fingerprint density at radius 3 is 2.88 bits per heavy atom. The fourth-order valence-electron chi connectivity index (χ4n) is 1.12. The molecule has 0 aliphatic heterocycles. The highest BCUT2D eigenvalue weighted by Gasteiger charge is 2.23. The normalized spacial score (nSPS) is 9.47. The predicted octanol–water partition coefficient (Wildman–Crippen LogP) is 0.381. The van der Waals surface area contributed by atoms with E-state index in [1.54, 1.807) is 0 Å². The van der Waals surface area contributed by atoms with Gasteiger partial charge in [0.05, 0.1) is 4.92 Å². The first-order chi connectivity index (χ1) is 8.10. The summed E-state index contributed by atoms with van der Waals surface area (Å²) in [6.45, 7) is 1.60. The molecule has 8 nitrogen and oxygen atoms in total. The summed E-state index contributed by atoms with van der Waals surface area (Å²) in [7, 11) is 0. The first-order valence-corrected chi connectivity index (χ1v) is 4.66. The van der Waals surface area contributed by atoms with Gasteiger partial charge < -0.3 is 4.74 Å². The summed E-state index contributed by atoms with van der Waals surface area (Å²) in [6.07, 6.45) is 5.37. The molecular formula is C9H11N5O3. The van der Waals surface area contributed by atoms with E-state index >= 15 is 0 Å². The van der Waals surface area contributed by atoms with E-state index in [9.17, 15) is 10.1 Å². The van der Waals surface area contributed by atoms with E-state index < -0.39 is 4.92 Å². The van der Waals surface area contributed by atoms with Gasteiger partial charge in [0.2, 0.25) is 5.95 Å². The molecule has 0 aromatic carbocycles. The van der Waals surface area contributed by atoms with E-state index in [-0.39, 0.29) is 29.8 Å². The fraction of sp³-hybridized carbons (Fsp3) is 0.333. The lowest BCUT2D eigenvalue weighted by Crippen LogP contribution is -2.13. The van der Waals surface area contributed by atoms with Crippen LogP contribution in [0.5, 0.6) is 5.88 Å². The van der Waals surface area contributed by atoms with Gasteiger partial charge in [0, 0.05) is 6.42 Å². The molecule has 3 N–H and O–H groups in total. The van der Waals surface area contributed by atoms with Crippen molar-refractivity contribution >= 4 is 11.6 Å². The Morgan fingerprint density at radius 1 is 1.65 bits per heavy atom. The SMILES string of the molecule is C#CCCOc1nc(NN)nc(C)c1[N+](=O)[O-]. The smallest absolute Gasteiger partial charge is 0.352 e. The standard InChI is InChI=1S/C9H11N5O3/c1-3-4-5-17-8-7(14(15)16)6(2)11-9(12-8)13-10/h1H,4-5,10H2,2H3,(H,11,12,13). The van der Waals surface area contributed by atoms with Gasteiger partial charge in [-0.05, 0) is 6.92 Å². The van der Waals surface area contributed by atoms with Gasteiger partial charge in [0.25, 0.3) is 5.88 Å². The zero-order chi connectivity index (χ0) is 12.8. The monoisotopic (exact) mass is 237 g/mol. The molecule has 1 rings (SSSR count). The van der Waals surface area contributed by atoms with Crippen LogP contribution in [0.3, 0.4) is 0 Å². The summed E-state index contributed by atoms with van der Waals surface area (Å²) >= 11 is 0. The molecule has 0 amide bonds. The van der Waals surface area contributed by atoms with E-state index in [2.05, 4.69) is 21.3 Å². The van der Waals surface area contributed by atoms with Crippen LogP contribution in [0.2, 0.25) is 0 Å². The van der Waals surface area contributed by atoms with Gasteiger partial charge in [-0.3, -0.25) is 15.5 Å². The van der Waals surface area contributed by atoms with Crippen molar-refractivity contribution < 1.29 is 9.66 Å². The fourth-order valence-corrected chi connectivity index (χ4v) is 1.12. The molecule has 0 fully saturated rings. The Hall–Kier alpha value is -2.40. The number of hydrogen-bond acceptors (Lipinski definition) is 7. The van der Waals surface area contributed by atoms with Crippen LogP contribution in [0, 0.1) is 29.4 Å². The van der Waals surface area contributed by atoms with Gasteiger partial charge in [0.15, 0.2) is 0 Å². The van der Waals surface area contributed by atoms with Gasteiger partial charge in [-0.2, -0.15) is 4.98 Å². The van der Waals surface area contributed by atoms with Crippen molar-refractivity contribution in [2.75, 3.05) is 12.0 Å². The number of rotatable bonds is 5. The molecule has 0 aliphatic carbocycles. The molecule has 0 atom stereocenters. The van der Waals surface area contributed by atoms with Crippen LogP contribution in [-0.2, 0) is 0 Å². The van der Waals surface area contributed by atoms with Crippen molar-refractivity contribution in [3.63, 3.8) is 0 Å². The molecule has 0 spiro atoms. The van der Waals surface area contributed by atoms with Crippen LogP contribution >= 0.6 is 0 Å². The zero-order valence-electron chi connectivity index (χ0n) is 9.14. The third-order valence-corrected chi connectivity index (χ3v) is 1.82. The molecule has 8 heteroatoms. The Balaban J connectivity index is 3.09. The highest BCUT2D eigenvalue weighted by atomic mass is 16.6. The second-order valence-corrected chi connectivity index (χ2v) is 2.99. The van der Waals surface area contributed by atoms with Crippen molar-refractivity contribution in [3.05, 3.63) is 15.8 Å². The van der Waals surface area contributed by atoms with Crippen LogP contribution in [0.15, 0.2) is 0 Å². The lowest BCUT2D eigenvalue weighted by molar-refractivity contribution is -0.387. The molecule has 0 saturated carbocycles. The molecule has 90 valence electrons. The number of hydrogen-bond donors (Lipinski definition) is 2. The predicted molar refractivity (Wildman–Crippen MR) is 60.2 cm³/mol. The Labute approximate surface area is 97.3 Å². The number of aromatic nitrogens is 2. The van der Waals surface area contributed by atoms with Crippen LogP contribution < -0.4 is 16.0 Å². The highest BCUT2D eigenvalue weighted by Crippen LogP contribution is 2.28. The minimum absolute atomic E-state index is 0.0452. The molecular weight excluding hydrogens is 226 g/mol. The molecule has 0 bridgehead atoms. The summed E-state index contributed by atoms with van der Waals surface area (Å²) in [6, 6.07) is 0. The quantitative estimate of drug-likeness (QED) is 0.250. The second kappa shape index (κ2) is 5.62. The minimum Gasteiger partial charge on any atom is -0.472 e. The number of anilines is 1. The Bertz CT molecular complexity index is 468. The largest absolute Gasteiger partial charge is 0.472 e. The maximum absolute atomic E-state index is 10.8. The number of aryl methyl sites for hydroxylation is 1. The topological polar surface area (TPSA) is 116 Å². The van der Waals surface area contributed by atoms with Gasteiger partial charge >= 0.3 is 5.69 Å². The maximum atomic E-state index is 10.8. The number of hydrazine groups is 1. The van der Waals surface area contributed by atoms with Crippen molar-refractivity contribution in [1.29, 1.82) is 0 Å². The molecule has 1 aromatic heterocycles. The average molecular weight is 237 g/mol. The summed E-state index contributed by atoms with van der Waals surface area (Å²) in [5.41, 5.74) is 2.07. The lowest BCUT2D eigenvalue weighted by atomic mass is 10.3. The zero-order valence-corrected chi connectivity index (χ0v) is 9.14. The van der Waals surface area contributed by atoms with E-state index in [0.29, 0.717) is 6.42 Å². The Kier molecular flexibility index (Phi) is 4.19. The van der Waals surface area contributed by atoms with Crippen molar-refractivity contribution in [1.82, 2.24) is 9.97 Å². The highest BCUT2D eigenvalue weighted by molar-refractivity contribution is 5.48. The van der Waals surface area contributed by atoms with Crippen LogP contribution in [0.1, 0.15) is 12.1 Å². The van der Waals surface area contributed by atoms with Crippen LogP contribution in [0.4, 0.5) is 11.6 Å². The van der Waals surface area contributed by atoms with Gasteiger partial charge in [-0.15, -0.1) is 12.3 Å². The third kappa shape index (κ3) is 3.02. The molecule has 1 heterocycles. The van der Waals surface area contributed by atoms with Crippen molar-refractivity contribution in [3.8, 4) is 18.2 Å². The minimum atomic E-state index is -0.610. The molecule has 0 unspecified atom stereocenters. The van der Waals surface area contributed by atoms with Crippen molar-refractivity contribution in [2.24, 2.45) is 5.84 Å². The second-order valence-electron chi connectivity index (χ2n) is 2.99. The summed E-state index contributed by atoms with van der Waals surface area (Å²) in [5, 5.41) is 10.8. The molecule has 0 aliphatic rings. The molecule has 17 heavy (non-hydrogen) atoms. The molecule has 0 radical (unpaired) electrons. The number of nitro groups is 1. The number of ether oxygens (including phenoxy) is 1. The van der Waals surface area contributed by atoms with E-state index in [0.717, 1.165) is 0 Å². The lowest BCUT2D eigenvalue weighted by Gasteiger charge is -2.07. The van der Waals surface area contributed by atoms with Gasteiger partial charge in [0.1, 0.15) is 12.3 Å². The van der Waals surface area contributed by atoms with Gasteiger partial charge in [-0.1, -0.05) is 0 Å². The number of nitrogens with zero attached hydrogens (tertiary/aromatic N) is 3. The van der Waals surface area contributed by atoms with Crippen molar-refractivity contribution in [2.45, 2.75) is 13.3 Å². The number of nitrogens with two attached hydrogens (primary N) is 1. The first-order valence-electron chi connectivity index (χ1n) is 4.66. The Morgan fingerprint density at radius 2 is 2.35 bits per heavy atom. The summed E-state index contributed by atoms with van der Waals surface area (Å²) in [5.74, 6) is 7.38. The van der Waals surface area contributed by atoms with E-state index in [1.807, 2.05) is 0 Å². The third-order valence-electron chi connectivity index (χ3n) is 1.82. The van der Waals surface area contributed by atoms with E-state index in [4.69, 9.17) is 17.0 Å². The number of nitrogen functional groups attached to an aromatic ring is 1. The molecule has 0 saturated heterocycles. The summed E-state index contributed by atoms with van der Waals surface area (Å²) < 4.78 is 5.13. The first kappa shape index (κ1) is 12.7. The van der Waals surface area contributed by atoms with Crippen LogP contribution in [-0.4, -0.2) is 21.5 Å². The number of nitrogens with one attached hydrogen (secondary N) is 1. The maximum Gasteiger partial charge on any atom is 0.352 e. The average Bonchev–Trinajstić information content (AvgIpc) is 2.28. The van der Waals surface area contributed by atoms with E-state index in [1.165, 1.54) is 6.92 Å².